The van der Waals surface area contributed by atoms with Crippen molar-refractivity contribution >= 4 is 27.4 Å². The molecule has 0 spiro atoms. The molecule has 1 aliphatic rings. The van der Waals surface area contributed by atoms with Crippen LogP contribution in [0.25, 0.3) is 11.1 Å². The molecule has 0 fully saturated rings. The lowest BCUT2D eigenvalue weighted by molar-refractivity contribution is 0.300. The Morgan fingerprint density at radius 2 is 1.84 bits per heavy atom. The van der Waals surface area contributed by atoms with Gasteiger partial charge in [-0.3, -0.25) is 9.71 Å². The average Bonchev–Trinajstić information content (AvgIpc) is 3.23. The molecule has 0 amide bonds. The molecule has 0 unspecified atom stereocenters. The Morgan fingerprint density at radius 3 is 2.58 bits per heavy atom. The molecule has 0 aliphatic heterocycles. The number of aromatic nitrogens is 2. The van der Waals surface area contributed by atoms with Gasteiger partial charge in [-0.1, -0.05) is 54.0 Å². The van der Waals surface area contributed by atoms with E-state index >= 15 is 0 Å². The number of sulfonamides is 1. The minimum atomic E-state index is -3.95. The summed E-state index contributed by atoms with van der Waals surface area (Å²) in [4.78, 5) is 4.90. The minimum Gasteiger partial charge on any atom is -0.488 e. The zero-order valence-electron chi connectivity index (χ0n) is 21.7. The number of benzene rings is 2. The highest BCUT2D eigenvalue weighted by Gasteiger charge is 2.23. The summed E-state index contributed by atoms with van der Waals surface area (Å²) in [5.74, 6) is 1.61. The number of rotatable bonds is 8. The molecule has 198 valence electrons. The Balaban J connectivity index is 1.40. The Labute approximate surface area is 228 Å². The summed E-state index contributed by atoms with van der Waals surface area (Å²) in [5, 5.41) is 4.27. The van der Waals surface area contributed by atoms with Crippen molar-refractivity contribution in [1.29, 1.82) is 0 Å². The van der Waals surface area contributed by atoms with Crippen LogP contribution in [0.15, 0.2) is 57.9 Å². The Kier molecular flexibility index (Phi) is 7.45. The van der Waals surface area contributed by atoms with Crippen molar-refractivity contribution in [2.75, 3.05) is 4.72 Å². The second kappa shape index (κ2) is 10.8. The smallest absolute Gasteiger partial charge is 0.263 e. The fourth-order valence-electron chi connectivity index (χ4n) is 4.68. The van der Waals surface area contributed by atoms with E-state index in [-0.39, 0.29) is 10.7 Å². The molecule has 9 heteroatoms. The van der Waals surface area contributed by atoms with Crippen LogP contribution in [0.5, 0.6) is 5.75 Å². The molecule has 0 bridgehead atoms. The molecule has 2 heterocycles. The normalized spacial score (nSPS) is 13.3. The first-order valence-corrected chi connectivity index (χ1v) is 14.6. The van der Waals surface area contributed by atoms with Gasteiger partial charge in [-0.25, -0.2) is 8.42 Å². The van der Waals surface area contributed by atoms with Crippen molar-refractivity contribution in [1.82, 2.24) is 10.1 Å². The average molecular weight is 552 g/mol. The van der Waals surface area contributed by atoms with Crippen molar-refractivity contribution in [2.24, 2.45) is 0 Å². The second-order valence-electron chi connectivity index (χ2n) is 9.51. The molecule has 1 N–H and O–H groups in total. The number of anilines is 1. The third-order valence-corrected chi connectivity index (χ3v) is 8.67. The molecule has 0 saturated carbocycles. The number of halogens is 1. The molecular weight excluding hydrogens is 522 g/mol. The molecule has 7 nitrogen and oxygen atoms in total. The highest BCUT2D eigenvalue weighted by atomic mass is 35.5. The summed E-state index contributed by atoms with van der Waals surface area (Å²) in [6.07, 6.45) is 5.14. The molecule has 38 heavy (non-hydrogen) atoms. The summed E-state index contributed by atoms with van der Waals surface area (Å²) in [6, 6.07) is 14.4. The van der Waals surface area contributed by atoms with Crippen LogP contribution in [0, 0.1) is 13.8 Å². The third kappa shape index (κ3) is 5.28. The summed E-state index contributed by atoms with van der Waals surface area (Å²) in [5.41, 5.74) is 6.03. The first-order chi connectivity index (χ1) is 18.3. The summed E-state index contributed by atoms with van der Waals surface area (Å²) < 4.78 is 40.5. The van der Waals surface area contributed by atoms with E-state index in [2.05, 4.69) is 16.8 Å². The highest BCUT2D eigenvalue weighted by Crippen LogP contribution is 2.35. The fraction of sp³-hybridized carbons (Fsp3) is 0.310. The number of ether oxygens (including phenoxy) is 1. The van der Waals surface area contributed by atoms with E-state index in [1.54, 1.807) is 38.1 Å². The standard InChI is InChI=1S/C29H30ClN3O4S/c1-4-21-16-27(24-10-5-7-11-26(24)31-21)36-17-20-13-14-22(25(30)15-20)23-9-6-8-12-28(23)38(34,35)33-29-18(2)19(3)37-32-29/h6,8-9,12-16H,4-5,7,10-11,17H2,1-3H3,(H,32,33). The number of nitrogens with zero attached hydrogens (tertiary/aromatic N) is 2. The highest BCUT2D eigenvalue weighted by molar-refractivity contribution is 7.92. The van der Waals surface area contributed by atoms with Crippen LogP contribution in [0.4, 0.5) is 5.82 Å². The molecule has 2 aromatic heterocycles. The number of aryl methyl sites for hydroxylation is 3. The molecule has 0 atom stereocenters. The van der Waals surface area contributed by atoms with Gasteiger partial charge >= 0.3 is 0 Å². The second-order valence-corrected chi connectivity index (χ2v) is 11.6. The van der Waals surface area contributed by atoms with Gasteiger partial charge in [0.2, 0.25) is 0 Å². The predicted octanol–water partition coefficient (Wildman–Crippen LogP) is 6.83. The lowest BCUT2D eigenvalue weighted by atomic mass is 9.94. The van der Waals surface area contributed by atoms with Crippen molar-refractivity contribution < 1.29 is 17.7 Å². The van der Waals surface area contributed by atoms with E-state index < -0.39 is 10.0 Å². The van der Waals surface area contributed by atoms with Crippen LogP contribution in [0.3, 0.4) is 0 Å². The number of hydrogen-bond donors (Lipinski definition) is 1. The lowest BCUT2D eigenvalue weighted by Gasteiger charge is -2.20. The minimum absolute atomic E-state index is 0.0986. The van der Waals surface area contributed by atoms with Crippen molar-refractivity contribution in [3.63, 3.8) is 0 Å². The van der Waals surface area contributed by atoms with Gasteiger partial charge < -0.3 is 9.26 Å². The van der Waals surface area contributed by atoms with Gasteiger partial charge in [0.25, 0.3) is 10.0 Å². The van der Waals surface area contributed by atoms with Gasteiger partial charge in [-0.15, -0.1) is 0 Å². The molecule has 1 aliphatic carbocycles. The maximum atomic E-state index is 13.3. The Bertz CT molecular complexity index is 1600. The number of fused-ring (bicyclic) bond motifs is 1. The predicted molar refractivity (Wildman–Crippen MR) is 148 cm³/mol. The van der Waals surface area contributed by atoms with Crippen LogP contribution in [0.1, 0.15) is 53.6 Å². The molecular formula is C29H30ClN3O4S. The molecule has 0 saturated heterocycles. The third-order valence-electron chi connectivity index (χ3n) is 6.96. The molecule has 4 aromatic rings. The summed E-state index contributed by atoms with van der Waals surface area (Å²) in [6.45, 7) is 5.93. The summed E-state index contributed by atoms with van der Waals surface area (Å²) in [7, 11) is -3.95. The lowest BCUT2D eigenvalue weighted by Crippen LogP contribution is -2.15. The quantitative estimate of drug-likeness (QED) is 0.258. The molecule has 2 aromatic carbocycles. The van der Waals surface area contributed by atoms with Crippen molar-refractivity contribution in [3.8, 4) is 16.9 Å². The molecule has 5 rings (SSSR count). The summed E-state index contributed by atoms with van der Waals surface area (Å²) >= 11 is 6.71. The van der Waals surface area contributed by atoms with E-state index in [0.717, 1.165) is 54.8 Å². The van der Waals surface area contributed by atoms with E-state index in [9.17, 15) is 8.42 Å². The maximum absolute atomic E-state index is 13.3. The van der Waals surface area contributed by atoms with E-state index in [0.29, 0.717) is 34.1 Å². The van der Waals surface area contributed by atoms with E-state index in [4.69, 9.17) is 25.8 Å². The molecule has 0 radical (unpaired) electrons. The Hall–Kier alpha value is -3.36. The van der Waals surface area contributed by atoms with Gasteiger partial charge in [0, 0.05) is 44.7 Å². The van der Waals surface area contributed by atoms with Crippen molar-refractivity contribution in [3.05, 3.63) is 87.4 Å². The maximum Gasteiger partial charge on any atom is 0.263 e. The van der Waals surface area contributed by atoms with Gasteiger partial charge in [0.05, 0.1) is 4.90 Å². The van der Waals surface area contributed by atoms with E-state index in [1.807, 2.05) is 24.3 Å². The number of hydrogen-bond acceptors (Lipinski definition) is 6. The monoisotopic (exact) mass is 551 g/mol. The topological polar surface area (TPSA) is 94.3 Å². The largest absolute Gasteiger partial charge is 0.488 e. The Morgan fingerprint density at radius 1 is 1.05 bits per heavy atom. The SMILES string of the molecule is CCc1cc(OCc2ccc(-c3ccccc3S(=O)(=O)Nc3noc(C)c3C)c(Cl)c2)c2c(n1)CCCC2. The van der Waals surface area contributed by atoms with Gasteiger partial charge in [-0.05, 0) is 63.6 Å². The zero-order valence-corrected chi connectivity index (χ0v) is 23.2. The number of nitrogens with one attached hydrogen (secondary N) is 1. The van der Waals surface area contributed by atoms with E-state index in [1.165, 1.54) is 5.56 Å². The first-order valence-electron chi connectivity index (χ1n) is 12.7. The number of pyridine rings is 1. The van der Waals surface area contributed by atoms with Crippen LogP contribution in [-0.4, -0.2) is 18.6 Å². The van der Waals surface area contributed by atoms with Gasteiger partial charge in [0.1, 0.15) is 18.1 Å². The van der Waals surface area contributed by atoms with Crippen LogP contribution in [-0.2, 0) is 35.9 Å². The van der Waals surface area contributed by atoms with Crippen LogP contribution >= 0.6 is 11.6 Å². The van der Waals surface area contributed by atoms with Gasteiger partial charge in [-0.2, -0.15) is 0 Å². The first kappa shape index (κ1) is 26.3. The van der Waals surface area contributed by atoms with Gasteiger partial charge in [0.15, 0.2) is 5.82 Å². The fourth-order valence-corrected chi connectivity index (χ4v) is 6.26. The van der Waals surface area contributed by atoms with Crippen molar-refractivity contribution in [2.45, 2.75) is 64.4 Å². The van der Waals surface area contributed by atoms with Crippen LogP contribution < -0.4 is 9.46 Å². The zero-order chi connectivity index (χ0) is 26.9. The van der Waals surface area contributed by atoms with Crippen LogP contribution in [0.2, 0.25) is 5.02 Å².